The highest BCUT2D eigenvalue weighted by Crippen LogP contribution is 2.37. The Morgan fingerprint density at radius 2 is 1.79 bits per heavy atom. The lowest BCUT2D eigenvalue weighted by atomic mass is 9.79. The molecule has 1 fully saturated rings. The van der Waals surface area contributed by atoms with E-state index in [4.69, 9.17) is 0 Å². The van der Waals surface area contributed by atoms with Crippen molar-refractivity contribution < 1.29 is 19.1 Å². The maximum Gasteiger partial charge on any atom is 0.334 e. The molecule has 0 heterocycles. The van der Waals surface area contributed by atoms with E-state index in [1.165, 1.54) is 14.0 Å². The maximum absolute atomic E-state index is 11.5. The van der Waals surface area contributed by atoms with Crippen LogP contribution >= 0.6 is 0 Å². The Hall–Kier alpha value is -1.45. The van der Waals surface area contributed by atoms with Crippen molar-refractivity contribution >= 4 is 17.5 Å². The van der Waals surface area contributed by atoms with Crippen LogP contribution in [0.5, 0.6) is 0 Å². The summed E-state index contributed by atoms with van der Waals surface area (Å²) in [5.74, 6) is -1.20. The Morgan fingerprint density at radius 1 is 1.36 bits per heavy atom. The van der Waals surface area contributed by atoms with Crippen molar-refractivity contribution in [1.82, 2.24) is 0 Å². The van der Waals surface area contributed by atoms with Crippen molar-refractivity contribution in [3.63, 3.8) is 0 Å². The topological polar surface area (TPSA) is 60.4 Å². The number of hydrogen-bond donors (Lipinski definition) is 0. The number of esters is 1. The summed E-state index contributed by atoms with van der Waals surface area (Å²) in [5, 5.41) is 0. The van der Waals surface area contributed by atoms with E-state index in [2.05, 4.69) is 11.3 Å². The molecule has 0 unspecified atom stereocenters. The van der Waals surface area contributed by atoms with Gasteiger partial charge in [0.25, 0.3) is 0 Å². The van der Waals surface area contributed by atoms with Gasteiger partial charge in [0.15, 0.2) is 11.6 Å². The monoisotopic (exact) mass is 196 g/mol. The fourth-order valence-electron chi connectivity index (χ4n) is 1.55. The standard InChI is InChI=1S/C10H12O4/c1-6(9(13)14-3)10(2)7(11)4-5-8(10)12/h1,4-5H2,2-3H3. The Balaban J connectivity index is 3.05. The van der Waals surface area contributed by atoms with E-state index in [0.29, 0.717) is 0 Å². The van der Waals surface area contributed by atoms with Crippen LogP contribution in [0.4, 0.5) is 0 Å². The molecule has 0 amide bonds. The first-order chi connectivity index (χ1) is 6.44. The van der Waals surface area contributed by atoms with E-state index in [1.807, 2.05) is 0 Å². The molecule has 0 spiro atoms. The molecule has 0 N–H and O–H groups in total. The highest BCUT2D eigenvalue weighted by atomic mass is 16.5. The first-order valence-corrected chi connectivity index (χ1v) is 4.29. The summed E-state index contributed by atoms with van der Waals surface area (Å²) in [5.41, 5.74) is -1.42. The second-order valence-corrected chi connectivity index (χ2v) is 3.44. The third-order valence-corrected chi connectivity index (χ3v) is 2.73. The molecule has 0 aromatic heterocycles. The van der Waals surface area contributed by atoms with Gasteiger partial charge in [-0.3, -0.25) is 9.59 Å². The van der Waals surface area contributed by atoms with Crippen molar-refractivity contribution in [3.8, 4) is 0 Å². The number of ketones is 2. The average Bonchev–Trinajstić information content (AvgIpc) is 2.44. The van der Waals surface area contributed by atoms with Crippen molar-refractivity contribution in [2.24, 2.45) is 5.41 Å². The van der Waals surface area contributed by atoms with Gasteiger partial charge >= 0.3 is 5.97 Å². The van der Waals surface area contributed by atoms with Gasteiger partial charge in [-0.15, -0.1) is 0 Å². The number of rotatable bonds is 2. The van der Waals surface area contributed by atoms with Crippen LogP contribution in [-0.4, -0.2) is 24.6 Å². The third kappa shape index (κ3) is 1.27. The second kappa shape index (κ2) is 3.36. The van der Waals surface area contributed by atoms with Gasteiger partial charge in [0, 0.05) is 12.8 Å². The lowest BCUT2D eigenvalue weighted by Crippen LogP contribution is -2.34. The molecule has 4 nitrogen and oxygen atoms in total. The van der Waals surface area contributed by atoms with Crippen LogP contribution in [0.25, 0.3) is 0 Å². The number of carbonyl (C=O) groups is 3. The average molecular weight is 196 g/mol. The zero-order valence-electron chi connectivity index (χ0n) is 8.25. The fourth-order valence-corrected chi connectivity index (χ4v) is 1.55. The van der Waals surface area contributed by atoms with Crippen LogP contribution in [0.2, 0.25) is 0 Å². The first-order valence-electron chi connectivity index (χ1n) is 4.29. The van der Waals surface area contributed by atoms with Crippen LogP contribution in [0.1, 0.15) is 19.8 Å². The lowest BCUT2D eigenvalue weighted by molar-refractivity contribution is -0.142. The van der Waals surface area contributed by atoms with Crippen LogP contribution in [0, 0.1) is 5.41 Å². The van der Waals surface area contributed by atoms with E-state index in [0.717, 1.165) is 0 Å². The minimum Gasteiger partial charge on any atom is -0.466 e. The van der Waals surface area contributed by atoms with Gasteiger partial charge in [0.05, 0.1) is 12.7 Å². The molecular weight excluding hydrogens is 184 g/mol. The van der Waals surface area contributed by atoms with Crippen molar-refractivity contribution in [2.45, 2.75) is 19.8 Å². The molecule has 1 saturated carbocycles. The number of carbonyl (C=O) groups excluding carboxylic acids is 3. The largest absolute Gasteiger partial charge is 0.466 e. The predicted octanol–water partition coefficient (Wildman–Crippen LogP) is 0.654. The molecule has 14 heavy (non-hydrogen) atoms. The van der Waals surface area contributed by atoms with Crippen molar-refractivity contribution in [1.29, 1.82) is 0 Å². The molecular formula is C10H12O4. The van der Waals surface area contributed by atoms with Gasteiger partial charge in [-0.1, -0.05) is 6.58 Å². The molecule has 1 rings (SSSR count). The summed E-state index contributed by atoms with van der Waals surface area (Å²) >= 11 is 0. The van der Waals surface area contributed by atoms with Gasteiger partial charge in [0.2, 0.25) is 0 Å². The Morgan fingerprint density at radius 3 is 2.14 bits per heavy atom. The second-order valence-electron chi connectivity index (χ2n) is 3.44. The van der Waals surface area contributed by atoms with Gasteiger partial charge in [-0.2, -0.15) is 0 Å². The van der Waals surface area contributed by atoms with Crippen molar-refractivity contribution in [3.05, 3.63) is 12.2 Å². The molecule has 0 radical (unpaired) electrons. The zero-order valence-corrected chi connectivity index (χ0v) is 8.25. The van der Waals surface area contributed by atoms with E-state index in [-0.39, 0.29) is 30.0 Å². The smallest absolute Gasteiger partial charge is 0.334 e. The molecule has 0 aliphatic heterocycles. The summed E-state index contributed by atoms with van der Waals surface area (Å²) < 4.78 is 4.44. The minimum absolute atomic E-state index is 0.0625. The van der Waals surface area contributed by atoms with Crippen LogP contribution in [-0.2, 0) is 19.1 Å². The van der Waals surface area contributed by atoms with E-state index in [1.54, 1.807) is 0 Å². The Kier molecular flexibility index (Phi) is 2.55. The van der Waals surface area contributed by atoms with E-state index >= 15 is 0 Å². The quantitative estimate of drug-likeness (QED) is 0.369. The van der Waals surface area contributed by atoms with Gasteiger partial charge in [-0.25, -0.2) is 4.79 Å². The molecule has 1 aliphatic carbocycles. The third-order valence-electron chi connectivity index (χ3n) is 2.73. The molecule has 0 aromatic carbocycles. The lowest BCUT2D eigenvalue weighted by Gasteiger charge is -2.20. The SMILES string of the molecule is C=C(C(=O)OC)C1(C)C(=O)CCC1=O. The molecule has 1 aliphatic rings. The Labute approximate surface area is 81.9 Å². The van der Waals surface area contributed by atoms with Gasteiger partial charge < -0.3 is 4.74 Å². The zero-order chi connectivity index (χ0) is 10.9. The highest BCUT2D eigenvalue weighted by Gasteiger charge is 2.49. The summed E-state index contributed by atoms with van der Waals surface area (Å²) in [7, 11) is 1.20. The van der Waals surface area contributed by atoms with E-state index in [9.17, 15) is 14.4 Å². The number of Topliss-reactive ketones (excluding diaryl/α,β-unsaturated/α-hetero) is 2. The normalized spacial score (nSPS) is 19.6. The van der Waals surface area contributed by atoms with Crippen LogP contribution in [0.3, 0.4) is 0 Å². The number of hydrogen-bond acceptors (Lipinski definition) is 4. The minimum atomic E-state index is -1.35. The predicted molar refractivity (Wildman–Crippen MR) is 48.5 cm³/mol. The molecule has 76 valence electrons. The highest BCUT2D eigenvalue weighted by molar-refractivity contribution is 6.19. The summed E-state index contributed by atoms with van der Waals surface area (Å²) in [6.45, 7) is 4.90. The fraction of sp³-hybridized carbons (Fsp3) is 0.500. The molecule has 0 atom stereocenters. The summed E-state index contributed by atoms with van der Waals surface area (Å²) in [4.78, 5) is 34.1. The van der Waals surface area contributed by atoms with Gasteiger partial charge in [-0.05, 0) is 6.92 Å². The number of methoxy groups -OCH3 is 1. The van der Waals surface area contributed by atoms with Crippen LogP contribution < -0.4 is 0 Å². The van der Waals surface area contributed by atoms with Crippen LogP contribution in [0.15, 0.2) is 12.2 Å². The van der Waals surface area contributed by atoms with E-state index < -0.39 is 11.4 Å². The summed E-state index contributed by atoms with van der Waals surface area (Å²) in [6, 6.07) is 0. The first kappa shape index (κ1) is 10.6. The van der Waals surface area contributed by atoms with Crippen molar-refractivity contribution in [2.75, 3.05) is 7.11 Å². The molecule has 0 bridgehead atoms. The Bertz CT molecular complexity index is 311. The summed E-state index contributed by atoms with van der Waals surface area (Å²) in [6.07, 6.45) is 0.372. The van der Waals surface area contributed by atoms with Gasteiger partial charge in [0.1, 0.15) is 5.41 Å². The molecule has 0 saturated heterocycles. The maximum atomic E-state index is 11.5. The molecule has 4 heteroatoms. The molecule has 0 aromatic rings. The number of ether oxygens (including phenoxy) is 1.